The zero-order valence-electron chi connectivity index (χ0n) is 12.0. The van der Waals surface area contributed by atoms with Gasteiger partial charge in [-0.3, -0.25) is 4.57 Å². The molecule has 4 heteroatoms. The first-order valence-corrected chi connectivity index (χ1v) is 6.92. The lowest BCUT2D eigenvalue weighted by atomic mass is 10.1. The molecule has 0 radical (unpaired) electrons. The van der Waals surface area contributed by atoms with Crippen LogP contribution in [0.25, 0.3) is 16.7 Å². The fourth-order valence-electron chi connectivity index (χ4n) is 2.58. The molecule has 0 aliphatic rings. The number of aryl methyl sites for hydroxylation is 2. The fraction of sp³-hybridized carbons (Fsp3) is 0.176. The number of benzene rings is 2. The highest BCUT2D eigenvalue weighted by Crippen LogP contribution is 2.25. The summed E-state index contributed by atoms with van der Waals surface area (Å²) in [6.45, 7) is 4.09. The van der Waals surface area contributed by atoms with Gasteiger partial charge in [0.25, 0.3) is 0 Å². The number of aromatic carboxylic acids is 1. The number of rotatable bonds is 3. The number of nitrogens with zero attached hydrogens (tertiary/aromatic N) is 2. The summed E-state index contributed by atoms with van der Waals surface area (Å²) in [5.41, 5.74) is 4.10. The Morgan fingerprint density at radius 3 is 2.67 bits per heavy atom. The van der Waals surface area contributed by atoms with Gasteiger partial charge < -0.3 is 5.11 Å². The van der Waals surface area contributed by atoms with Crippen LogP contribution in [0.15, 0.2) is 42.5 Å². The predicted octanol–water partition coefficient (Wildman–Crippen LogP) is 3.59. The predicted molar refractivity (Wildman–Crippen MR) is 82.1 cm³/mol. The lowest BCUT2D eigenvalue weighted by molar-refractivity contribution is 0.0697. The van der Waals surface area contributed by atoms with E-state index in [0.29, 0.717) is 0 Å². The summed E-state index contributed by atoms with van der Waals surface area (Å²) < 4.78 is 2.05. The number of carboxylic acid groups (broad SMARTS) is 1. The number of hydrogen-bond donors (Lipinski definition) is 1. The summed E-state index contributed by atoms with van der Waals surface area (Å²) in [4.78, 5) is 15.8. The second kappa shape index (κ2) is 5.05. The van der Waals surface area contributed by atoms with Crippen molar-refractivity contribution < 1.29 is 9.90 Å². The Morgan fingerprint density at radius 2 is 2.00 bits per heavy atom. The molecule has 0 spiro atoms. The molecular formula is C17H16N2O2. The third-order valence-corrected chi connectivity index (χ3v) is 3.64. The molecule has 0 bridgehead atoms. The van der Waals surface area contributed by atoms with Gasteiger partial charge in [-0.2, -0.15) is 0 Å². The van der Waals surface area contributed by atoms with Crippen LogP contribution in [-0.4, -0.2) is 20.6 Å². The van der Waals surface area contributed by atoms with Gasteiger partial charge in [-0.25, -0.2) is 9.78 Å². The van der Waals surface area contributed by atoms with Gasteiger partial charge in [0.2, 0.25) is 0 Å². The standard InChI is InChI=1S/C17H16N2O2/c1-3-16-18-13-9-8-12(17(20)21)10-15(13)19(16)14-7-5-4-6-11(14)2/h4-10H,3H2,1-2H3,(H,20,21). The SMILES string of the molecule is CCc1nc2ccc(C(=O)O)cc2n1-c1ccccc1C. The topological polar surface area (TPSA) is 55.1 Å². The lowest BCUT2D eigenvalue weighted by Gasteiger charge is -2.11. The first-order valence-electron chi connectivity index (χ1n) is 6.92. The van der Waals surface area contributed by atoms with Gasteiger partial charge in [0, 0.05) is 6.42 Å². The van der Waals surface area contributed by atoms with Crippen molar-refractivity contribution in [1.82, 2.24) is 9.55 Å². The Balaban J connectivity index is 2.36. The number of fused-ring (bicyclic) bond motifs is 1. The largest absolute Gasteiger partial charge is 0.478 e. The van der Waals surface area contributed by atoms with Crippen LogP contribution in [0.1, 0.15) is 28.7 Å². The first kappa shape index (κ1) is 13.4. The molecule has 106 valence electrons. The van der Waals surface area contributed by atoms with E-state index < -0.39 is 5.97 Å². The molecule has 2 aromatic carbocycles. The van der Waals surface area contributed by atoms with Crippen LogP contribution in [0.4, 0.5) is 0 Å². The maximum atomic E-state index is 11.2. The van der Waals surface area contributed by atoms with Crippen LogP contribution in [0.3, 0.4) is 0 Å². The molecule has 21 heavy (non-hydrogen) atoms. The van der Waals surface area contributed by atoms with E-state index in [0.717, 1.165) is 34.5 Å². The monoisotopic (exact) mass is 280 g/mol. The van der Waals surface area contributed by atoms with Crippen LogP contribution in [0.5, 0.6) is 0 Å². The van der Waals surface area contributed by atoms with Crippen LogP contribution in [0, 0.1) is 6.92 Å². The summed E-state index contributed by atoms with van der Waals surface area (Å²) in [7, 11) is 0. The third kappa shape index (κ3) is 2.18. The summed E-state index contributed by atoms with van der Waals surface area (Å²) in [5.74, 6) is 0.00863. The normalized spacial score (nSPS) is 11.0. The lowest BCUT2D eigenvalue weighted by Crippen LogP contribution is -2.03. The Hall–Kier alpha value is -2.62. The number of aromatic nitrogens is 2. The highest BCUT2D eigenvalue weighted by molar-refractivity contribution is 5.93. The molecule has 3 rings (SSSR count). The van der Waals surface area contributed by atoms with Crippen molar-refractivity contribution in [3.63, 3.8) is 0 Å². The minimum atomic E-state index is -0.924. The van der Waals surface area contributed by atoms with Crippen molar-refractivity contribution in [2.24, 2.45) is 0 Å². The van der Waals surface area contributed by atoms with E-state index in [1.54, 1.807) is 18.2 Å². The van der Waals surface area contributed by atoms with Crippen molar-refractivity contribution in [3.8, 4) is 5.69 Å². The Morgan fingerprint density at radius 1 is 1.24 bits per heavy atom. The Bertz CT molecular complexity index is 834. The van der Waals surface area contributed by atoms with Crippen molar-refractivity contribution in [2.45, 2.75) is 20.3 Å². The van der Waals surface area contributed by atoms with Crippen molar-refractivity contribution in [1.29, 1.82) is 0 Å². The molecule has 0 aliphatic heterocycles. The zero-order chi connectivity index (χ0) is 15.0. The summed E-state index contributed by atoms with van der Waals surface area (Å²) in [6, 6.07) is 13.1. The van der Waals surface area contributed by atoms with Crippen molar-refractivity contribution in [3.05, 3.63) is 59.4 Å². The van der Waals surface area contributed by atoms with E-state index in [9.17, 15) is 9.90 Å². The summed E-state index contributed by atoms with van der Waals surface area (Å²) >= 11 is 0. The molecule has 4 nitrogen and oxygen atoms in total. The smallest absolute Gasteiger partial charge is 0.335 e. The van der Waals surface area contributed by atoms with Crippen LogP contribution >= 0.6 is 0 Å². The third-order valence-electron chi connectivity index (χ3n) is 3.64. The molecule has 0 saturated heterocycles. The maximum Gasteiger partial charge on any atom is 0.335 e. The first-order chi connectivity index (χ1) is 10.1. The Kier molecular flexibility index (Phi) is 3.22. The molecule has 0 unspecified atom stereocenters. The van der Waals surface area contributed by atoms with Gasteiger partial charge in [0.05, 0.1) is 22.3 Å². The quantitative estimate of drug-likeness (QED) is 0.797. The highest BCUT2D eigenvalue weighted by atomic mass is 16.4. The van der Waals surface area contributed by atoms with E-state index in [4.69, 9.17) is 0 Å². The van der Waals surface area contributed by atoms with Gasteiger partial charge in [-0.05, 0) is 36.8 Å². The molecule has 3 aromatic rings. The van der Waals surface area contributed by atoms with E-state index in [1.807, 2.05) is 38.1 Å². The molecule has 0 amide bonds. The molecule has 1 heterocycles. The fourth-order valence-corrected chi connectivity index (χ4v) is 2.58. The van der Waals surface area contributed by atoms with Gasteiger partial charge >= 0.3 is 5.97 Å². The number of hydrogen-bond acceptors (Lipinski definition) is 2. The van der Waals surface area contributed by atoms with Crippen LogP contribution in [-0.2, 0) is 6.42 Å². The van der Waals surface area contributed by atoms with Crippen LogP contribution in [0.2, 0.25) is 0 Å². The van der Waals surface area contributed by atoms with Gasteiger partial charge in [-0.15, -0.1) is 0 Å². The van der Waals surface area contributed by atoms with E-state index in [2.05, 4.69) is 9.55 Å². The van der Waals surface area contributed by atoms with E-state index >= 15 is 0 Å². The molecule has 0 aliphatic carbocycles. The minimum absolute atomic E-state index is 0.278. The highest BCUT2D eigenvalue weighted by Gasteiger charge is 2.14. The molecule has 1 N–H and O–H groups in total. The number of para-hydroxylation sites is 1. The summed E-state index contributed by atoms with van der Waals surface area (Å²) in [6.07, 6.45) is 0.783. The van der Waals surface area contributed by atoms with E-state index in [-0.39, 0.29) is 5.56 Å². The van der Waals surface area contributed by atoms with E-state index in [1.165, 1.54) is 0 Å². The minimum Gasteiger partial charge on any atom is -0.478 e. The zero-order valence-corrected chi connectivity index (χ0v) is 12.0. The molecule has 0 fully saturated rings. The van der Waals surface area contributed by atoms with Gasteiger partial charge in [0.15, 0.2) is 0 Å². The van der Waals surface area contributed by atoms with Gasteiger partial charge in [-0.1, -0.05) is 25.1 Å². The summed E-state index contributed by atoms with van der Waals surface area (Å²) in [5, 5.41) is 9.19. The molecule has 1 aromatic heterocycles. The second-order valence-corrected chi connectivity index (χ2v) is 5.01. The average Bonchev–Trinajstić information content (AvgIpc) is 2.85. The number of carbonyl (C=O) groups is 1. The Labute approximate surface area is 122 Å². The van der Waals surface area contributed by atoms with Crippen molar-refractivity contribution in [2.75, 3.05) is 0 Å². The maximum absolute atomic E-state index is 11.2. The molecule has 0 saturated carbocycles. The van der Waals surface area contributed by atoms with Crippen LogP contribution < -0.4 is 0 Å². The number of imidazole rings is 1. The van der Waals surface area contributed by atoms with Crippen molar-refractivity contribution >= 4 is 17.0 Å². The average molecular weight is 280 g/mol. The molecule has 0 atom stereocenters. The molecular weight excluding hydrogens is 264 g/mol. The second-order valence-electron chi connectivity index (χ2n) is 5.01. The number of carboxylic acids is 1. The van der Waals surface area contributed by atoms with Gasteiger partial charge in [0.1, 0.15) is 5.82 Å².